The molecular formula is C16H7Br4NO3. The van der Waals surface area contributed by atoms with E-state index >= 15 is 0 Å². The number of nitrogens with zero attached hydrogens (tertiary/aromatic N) is 1. The summed E-state index contributed by atoms with van der Waals surface area (Å²) < 4.78 is 2.26. The molecule has 0 fully saturated rings. The number of anilines is 1. The van der Waals surface area contributed by atoms with Gasteiger partial charge < -0.3 is 0 Å². The van der Waals surface area contributed by atoms with Gasteiger partial charge in [-0.3, -0.25) is 14.4 Å². The summed E-state index contributed by atoms with van der Waals surface area (Å²) in [6.45, 7) is 1.43. The maximum absolute atomic E-state index is 12.9. The van der Waals surface area contributed by atoms with Gasteiger partial charge in [-0.2, -0.15) is 0 Å². The zero-order valence-electron chi connectivity index (χ0n) is 12.0. The Hall–Kier alpha value is -0.830. The highest BCUT2D eigenvalue weighted by Gasteiger charge is 2.41. The fourth-order valence-electron chi connectivity index (χ4n) is 2.45. The van der Waals surface area contributed by atoms with E-state index in [-0.39, 0.29) is 16.9 Å². The Labute approximate surface area is 171 Å². The molecule has 0 aliphatic carbocycles. The molecule has 2 aromatic rings. The SMILES string of the molecule is CC(=O)c1cccc(N2C(=O)c3c(Br)c(Br)c(Br)c(Br)c3C2=O)c1. The number of hydrogen-bond donors (Lipinski definition) is 0. The van der Waals surface area contributed by atoms with Crippen LogP contribution in [0.5, 0.6) is 0 Å². The Morgan fingerprint density at radius 3 is 1.83 bits per heavy atom. The summed E-state index contributed by atoms with van der Waals surface area (Å²) in [5.74, 6) is -1.03. The van der Waals surface area contributed by atoms with E-state index in [1.54, 1.807) is 18.2 Å². The lowest BCUT2D eigenvalue weighted by molar-refractivity contribution is 0.0923. The van der Waals surface area contributed by atoms with Crippen LogP contribution < -0.4 is 4.90 Å². The molecule has 0 aromatic heterocycles. The molecule has 0 spiro atoms. The highest BCUT2D eigenvalue weighted by Crippen LogP contribution is 2.46. The second-order valence-corrected chi connectivity index (χ2v) is 8.23. The molecule has 122 valence electrons. The first-order valence-electron chi connectivity index (χ1n) is 6.61. The summed E-state index contributed by atoms with van der Waals surface area (Å²) in [4.78, 5) is 38.4. The Bertz CT molecular complexity index is 892. The minimum atomic E-state index is -0.448. The van der Waals surface area contributed by atoms with Crippen LogP contribution >= 0.6 is 63.7 Å². The smallest absolute Gasteiger partial charge is 0.267 e. The van der Waals surface area contributed by atoms with E-state index in [1.807, 2.05) is 0 Å². The molecule has 0 bridgehead atoms. The number of amides is 2. The van der Waals surface area contributed by atoms with E-state index in [0.29, 0.717) is 29.1 Å². The summed E-state index contributed by atoms with van der Waals surface area (Å²) >= 11 is 13.5. The van der Waals surface area contributed by atoms with Gasteiger partial charge in [0.1, 0.15) is 0 Å². The van der Waals surface area contributed by atoms with Crippen LogP contribution in [0.2, 0.25) is 0 Å². The lowest BCUT2D eigenvalue weighted by Crippen LogP contribution is -2.29. The van der Waals surface area contributed by atoms with Gasteiger partial charge in [0.25, 0.3) is 11.8 Å². The monoisotopic (exact) mass is 577 g/mol. The molecule has 3 rings (SSSR count). The standard InChI is InChI=1S/C16H7Br4NO3/c1-6(22)7-3-2-4-8(5-7)21-15(23)9-10(16(21)24)12(18)14(20)13(19)11(9)17/h2-5H,1H3. The largest absolute Gasteiger partial charge is 0.295 e. The minimum absolute atomic E-state index is 0.138. The second-order valence-electron chi connectivity index (χ2n) is 5.06. The molecule has 0 N–H and O–H groups in total. The maximum atomic E-state index is 12.9. The van der Waals surface area contributed by atoms with Crippen LogP contribution in [0.4, 0.5) is 5.69 Å². The Kier molecular flexibility index (Phi) is 4.85. The van der Waals surface area contributed by atoms with Crippen LogP contribution in [-0.2, 0) is 0 Å². The van der Waals surface area contributed by atoms with Crippen molar-refractivity contribution in [3.8, 4) is 0 Å². The molecule has 1 heterocycles. The number of benzene rings is 2. The van der Waals surface area contributed by atoms with E-state index in [1.165, 1.54) is 13.0 Å². The number of hydrogen-bond acceptors (Lipinski definition) is 3. The second kappa shape index (κ2) is 6.48. The summed E-state index contributed by atoms with van der Waals surface area (Å²) in [6, 6.07) is 6.45. The number of carbonyl (C=O) groups excluding carboxylic acids is 3. The van der Waals surface area contributed by atoms with Gasteiger partial charge in [-0.25, -0.2) is 4.90 Å². The summed E-state index contributed by atoms with van der Waals surface area (Å²) in [5, 5.41) is 0. The maximum Gasteiger partial charge on any atom is 0.267 e. The fourth-order valence-corrected chi connectivity index (χ4v) is 4.90. The Morgan fingerprint density at radius 1 is 0.875 bits per heavy atom. The predicted molar refractivity (Wildman–Crippen MR) is 105 cm³/mol. The molecule has 1 aliphatic heterocycles. The van der Waals surface area contributed by atoms with Crippen molar-refractivity contribution in [1.82, 2.24) is 0 Å². The molecular weight excluding hydrogens is 574 g/mol. The van der Waals surface area contributed by atoms with Crippen molar-refractivity contribution in [2.24, 2.45) is 0 Å². The van der Waals surface area contributed by atoms with Crippen molar-refractivity contribution in [1.29, 1.82) is 0 Å². The average Bonchev–Trinajstić information content (AvgIpc) is 2.82. The van der Waals surface area contributed by atoms with E-state index in [0.717, 1.165) is 4.90 Å². The number of carbonyl (C=O) groups is 3. The molecule has 24 heavy (non-hydrogen) atoms. The van der Waals surface area contributed by atoms with Crippen molar-refractivity contribution in [2.75, 3.05) is 4.90 Å². The summed E-state index contributed by atoms with van der Waals surface area (Å²) in [7, 11) is 0. The highest BCUT2D eigenvalue weighted by atomic mass is 79.9. The predicted octanol–water partition coefficient (Wildman–Crippen LogP) is 5.74. The normalized spacial score (nSPS) is 13.5. The zero-order chi connectivity index (χ0) is 17.8. The lowest BCUT2D eigenvalue weighted by atomic mass is 10.1. The van der Waals surface area contributed by atoms with Crippen molar-refractivity contribution in [3.63, 3.8) is 0 Å². The first-order chi connectivity index (χ1) is 11.3. The number of ketones is 1. The van der Waals surface area contributed by atoms with Gasteiger partial charge in [0.05, 0.1) is 16.8 Å². The topological polar surface area (TPSA) is 54.5 Å². The van der Waals surface area contributed by atoms with Crippen LogP contribution in [0.15, 0.2) is 42.2 Å². The first-order valence-corrected chi connectivity index (χ1v) is 9.78. The molecule has 0 radical (unpaired) electrons. The fraction of sp³-hybridized carbons (Fsp3) is 0.0625. The highest BCUT2D eigenvalue weighted by molar-refractivity contribution is 9.15. The molecule has 0 saturated carbocycles. The molecule has 8 heteroatoms. The van der Waals surface area contributed by atoms with Crippen LogP contribution in [-0.4, -0.2) is 17.6 Å². The quantitative estimate of drug-likeness (QED) is 0.197. The van der Waals surface area contributed by atoms with Crippen LogP contribution in [0.1, 0.15) is 38.0 Å². The van der Waals surface area contributed by atoms with Gasteiger partial charge in [0, 0.05) is 23.5 Å². The van der Waals surface area contributed by atoms with Crippen molar-refractivity contribution < 1.29 is 14.4 Å². The molecule has 0 atom stereocenters. The van der Waals surface area contributed by atoms with Crippen LogP contribution in [0.25, 0.3) is 0 Å². The van der Waals surface area contributed by atoms with E-state index in [9.17, 15) is 14.4 Å². The molecule has 1 aliphatic rings. The van der Waals surface area contributed by atoms with Crippen molar-refractivity contribution in [3.05, 3.63) is 58.8 Å². The summed E-state index contributed by atoms with van der Waals surface area (Å²) in [5.41, 5.74) is 1.34. The van der Waals surface area contributed by atoms with Gasteiger partial charge in [-0.1, -0.05) is 12.1 Å². The van der Waals surface area contributed by atoms with E-state index in [2.05, 4.69) is 63.7 Å². The van der Waals surface area contributed by atoms with Gasteiger partial charge >= 0.3 is 0 Å². The minimum Gasteiger partial charge on any atom is -0.295 e. The van der Waals surface area contributed by atoms with Gasteiger partial charge in [0.2, 0.25) is 0 Å². The Balaban J connectivity index is 2.22. The van der Waals surface area contributed by atoms with Crippen molar-refractivity contribution >= 4 is 87.0 Å². The third-order valence-electron chi connectivity index (χ3n) is 3.61. The number of Topliss-reactive ketones (excluding diaryl/α,β-unsaturated/α-hetero) is 1. The van der Waals surface area contributed by atoms with Gasteiger partial charge in [0.15, 0.2) is 5.78 Å². The number of imide groups is 1. The van der Waals surface area contributed by atoms with Crippen LogP contribution in [0.3, 0.4) is 0 Å². The van der Waals surface area contributed by atoms with E-state index < -0.39 is 11.8 Å². The summed E-state index contributed by atoms with van der Waals surface area (Å²) in [6.07, 6.45) is 0. The first kappa shape index (κ1) is 18.0. The Morgan fingerprint density at radius 2 is 1.38 bits per heavy atom. The molecule has 4 nitrogen and oxygen atoms in total. The lowest BCUT2D eigenvalue weighted by Gasteiger charge is -2.14. The van der Waals surface area contributed by atoms with E-state index in [4.69, 9.17) is 0 Å². The van der Waals surface area contributed by atoms with Crippen LogP contribution in [0, 0.1) is 0 Å². The third kappa shape index (κ3) is 2.64. The van der Waals surface area contributed by atoms with Gasteiger partial charge in [-0.05, 0) is 82.8 Å². The molecule has 0 saturated heterocycles. The van der Waals surface area contributed by atoms with Gasteiger partial charge in [-0.15, -0.1) is 0 Å². The molecule has 2 amide bonds. The van der Waals surface area contributed by atoms with Crippen molar-refractivity contribution in [2.45, 2.75) is 6.92 Å². The molecule has 0 unspecified atom stereocenters. The third-order valence-corrected chi connectivity index (χ3v) is 8.38. The number of rotatable bonds is 2. The zero-order valence-corrected chi connectivity index (χ0v) is 18.3. The molecule has 2 aromatic carbocycles. The number of fused-ring (bicyclic) bond motifs is 1. The average molecular weight is 581 g/mol. The number of halogens is 4.